The zero-order valence-corrected chi connectivity index (χ0v) is 16.2. The molecule has 0 atom stereocenters. The molecule has 1 aromatic carbocycles. The van der Waals surface area contributed by atoms with Gasteiger partial charge in [0.1, 0.15) is 5.82 Å². The number of carbonyl (C=O) groups excluding carboxylic acids is 3. The number of piperazine rings is 1. The molecule has 1 aliphatic rings. The van der Waals surface area contributed by atoms with Crippen LogP contribution in [0.25, 0.3) is 0 Å². The summed E-state index contributed by atoms with van der Waals surface area (Å²) in [6.07, 6.45) is 2.74. The number of carbonyl (C=O) groups is 3. The van der Waals surface area contributed by atoms with E-state index >= 15 is 0 Å². The molecule has 1 saturated heterocycles. The number of amides is 1. The summed E-state index contributed by atoms with van der Waals surface area (Å²) in [5, 5.41) is 0. The van der Waals surface area contributed by atoms with Crippen LogP contribution in [0.3, 0.4) is 0 Å². The molecule has 2 aromatic rings. The van der Waals surface area contributed by atoms with E-state index in [1.165, 1.54) is 25.4 Å². The number of rotatable bonds is 5. The molecule has 29 heavy (non-hydrogen) atoms. The number of esters is 1. The van der Waals surface area contributed by atoms with Gasteiger partial charge in [-0.3, -0.25) is 14.6 Å². The van der Waals surface area contributed by atoms with Crippen molar-refractivity contribution >= 4 is 23.3 Å². The van der Waals surface area contributed by atoms with Crippen molar-refractivity contribution in [3.8, 4) is 0 Å². The Morgan fingerprint density at radius 3 is 2.41 bits per heavy atom. The van der Waals surface area contributed by atoms with Gasteiger partial charge in [-0.2, -0.15) is 0 Å². The number of nitrogens with zero attached hydrogens (tertiary/aromatic N) is 4. The number of aryl methyl sites for hydroxylation is 1. The first-order chi connectivity index (χ1) is 13.8. The zero-order valence-electron chi connectivity index (χ0n) is 16.2. The van der Waals surface area contributed by atoms with Crippen LogP contribution < -0.4 is 4.90 Å². The van der Waals surface area contributed by atoms with Crippen LogP contribution >= 0.6 is 0 Å². The fourth-order valence-corrected chi connectivity index (χ4v) is 2.97. The summed E-state index contributed by atoms with van der Waals surface area (Å²) in [5.41, 5.74) is 1.42. The largest absolute Gasteiger partial charge is 0.451 e. The van der Waals surface area contributed by atoms with E-state index in [2.05, 4.69) is 9.97 Å². The number of hydrogen-bond donors (Lipinski definition) is 0. The highest BCUT2D eigenvalue weighted by molar-refractivity contribution is 5.94. The van der Waals surface area contributed by atoms with Crippen LogP contribution in [0.15, 0.2) is 30.6 Å². The number of hydrogen-bond acceptors (Lipinski definition) is 7. The fourth-order valence-electron chi connectivity index (χ4n) is 2.97. The van der Waals surface area contributed by atoms with Crippen molar-refractivity contribution < 1.29 is 23.5 Å². The number of ether oxygens (including phenoxy) is 1. The molecular weight excluding hydrogens is 379 g/mol. The number of ketones is 1. The highest BCUT2D eigenvalue weighted by Crippen LogP contribution is 2.22. The molecule has 0 N–H and O–H groups in total. The fraction of sp³-hybridized carbons (Fsp3) is 0.350. The number of aromatic nitrogens is 2. The molecule has 1 fully saturated rings. The van der Waals surface area contributed by atoms with Gasteiger partial charge in [0.2, 0.25) is 0 Å². The number of benzene rings is 1. The third kappa shape index (κ3) is 4.92. The minimum atomic E-state index is -0.711. The lowest BCUT2D eigenvalue weighted by atomic mass is 10.1. The second kappa shape index (κ2) is 8.76. The Hall–Kier alpha value is -3.36. The Kier molecular flexibility index (Phi) is 6.16. The van der Waals surface area contributed by atoms with Crippen molar-refractivity contribution in [2.45, 2.75) is 13.8 Å². The molecule has 8 nitrogen and oxygen atoms in total. The summed E-state index contributed by atoms with van der Waals surface area (Å²) in [5.74, 6) is -1.70. The summed E-state index contributed by atoms with van der Waals surface area (Å²) < 4.78 is 19.3. The van der Waals surface area contributed by atoms with Crippen LogP contribution in [0.2, 0.25) is 0 Å². The first kappa shape index (κ1) is 20.4. The monoisotopic (exact) mass is 400 g/mol. The summed E-state index contributed by atoms with van der Waals surface area (Å²) >= 11 is 0. The molecule has 1 aliphatic heterocycles. The van der Waals surface area contributed by atoms with Gasteiger partial charge in [0, 0.05) is 37.9 Å². The maximum Gasteiger partial charge on any atom is 0.359 e. The van der Waals surface area contributed by atoms with Gasteiger partial charge in [-0.15, -0.1) is 0 Å². The average Bonchev–Trinajstić information content (AvgIpc) is 2.72. The van der Waals surface area contributed by atoms with E-state index in [1.807, 2.05) is 4.90 Å². The Balaban J connectivity index is 1.51. The molecule has 152 valence electrons. The second-order valence-corrected chi connectivity index (χ2v) is 6.71. The van der Waals surface area contributed by atoms with Gasteiger partial charge in [0.05, 0.1) is 17.6 Å². The molecular formula is C20H21FN4O4. The summed E-state index contributed by atoms with van der Waals surface area (Å²) in [4.78, 5) is 46.8. The van der Waals surface area contributed by atoms with Crippen molar-refractivity contribution in [1.82, 2.24) is 14.9 Å². The maximum atomic E-state index is 14.3. The van der Waals surface area contributed by atoms with Crippen LogP contribution in [0.4, 0.5) is 10.1 Å². The topological polar surface area (TPSA) is 92.7 Å². The summed E-state index contributed by atoms with van der Waals surface area (Å²) in [6.45, 7) is 4.34. The molecule has 3 rings (SSSR count). The Bertz CT molecular complexity index is 925. The van der Waals surface area contributed by atoms with Gasteiger partial charge in [-0.25, -0.2) is 14.2 Å². The van der Waals surface area contributed by atoms with E-state index in [0.717, 1.165) is 0 Å². The molecule has 2 heterocycles. The van der Waals surface area contributed by atoms with Gasteiger partial charge in [0.15, 0.2) is 18.1 Å². The quantitative estimate of drug-likeness (QED) is 0.556. The molecule has 1 amide bonds. The molecule has 1 aromatic heterocycles. The SMILES string of the molecule is CC(=O)c1ccc(N2CCN(C(=O)COC(=O)c3cnc(C)cn3)CC2)c(F)c1. The zero-order chi connectivity index (χ0) is 21.0. The lowest BCUT2D eigenvalue weighted by Crippen LogP contribution is -2.50. The Labute approximate surface area is 167 Å². The van der Waals surface area contributed by atoms with Crippen molar-refractivity contribution in [2.75, 3.05) is 37.7 Å². The lowest BCUT2D eigenvalue weighted by Gasteiger charge is -2.36. The number of halogens is 1. The molecule has 0 radical (unpaired) electrons. The third-order valence-corrected chi connectivity index (χ3v) is 4.64. The van der Waals surface area contributed by atoms with E-state index in [0.29, 0.717) is 43.1 Å². The molecule has 0 unspecified atom stereocenters. The van der Waals surface area contributed by atoms with Crippen molar-refractivity contribution in [3.05, 3.63) is 53.4 Å². The van der Waals surface area contributed by atoms with Crippen molar-refractivity contribution in [3.63, 3.8) is 0 Å². The van der Waals surface area contributed by atoms with Gasteiger partial charge in [0.25, 0.3) is 5.91 Å². The van der Waals surface area contributed by atoms with E-state index in [9.17, 15) is 18.8 Å². The van der Waals surface area contributed by atoms with Crippen LogP contribution in [-0.2, 0) is 9.53 Å². The second-order valence-electron chi connectivity index (χ2n) is 6.71. The number of anilines is 1. The van der Waals surface area contributed by atoms with E-state index in [1.54, 1.807) is 24.0 Å². The standard InChI is InChI=1S/C20H21FN4O4/c1-13-10-23-17(11-22-13)20(28)29-12-19(27)25-7-5-24(6-8-25)18-4-3-15(14(2)26)9-16(18)21/h3-4,9-11H,5-8,12H2,1-2H3. The van der Waals surface area contributed by atoms with E-state index < -0.39 is 18.4 Å². The molecule has 0 bridgehead atoms. The average molecular weight is 400 g/mol. The van der Waals surface area contributed by atoms with Crippen LogP contribution in [-0.4, -0.2) is 65.3 Å². The lowest BCUT2D eigenvalue weighted by molar-refractivity contribution is -0.134. The number of Topliss-reactive ketones (excluding diaryl/α,β-unsaturated/α-hetero) is 1. The molecule has 0 spiro atoms. The van der Waals surface area contributed by atoms with E-state index in [4.69, 9.17) is 4.74 Å². The first-order valence-corrected chi connectivity index (χ1v) is 9.14. The summed E-state index contributed by atoms with van der Waals surface area (Å²) in [6, 6.07) is 4.39. The highest BCUT2D eigenvalue weighted by atomic mass is 19.1. The van der Waals surface area contributed by atoms with Gasteiger partial charge >= 0.3 is 5.97 Å². The third-order valence-electron chi connectivity index (χ3n) is 4.64. The first-order valence-electron chi connectivity index (χ1n) is 9.14. The van der Waals surface area contributed by atoms with Gasteiger partial charge < -0.3 is 14.5 Å². The predicted molar refractivity (Wildman–Crippen MR) is 102 cm³/mol. The predicted octanol–water partition coefficient (Wildman–Crippen LogP) is 1.63. The van der Waals surface area contributed by atoms with Gasteiger partial charge in [-0.05, 0) is 32.0 Å². The maximum absolute atomic E-state index is 14.3. The smallest absolute Gasteiger partial charge is 0.359 e. The van der Waals surface area contributed by atoms with E-state index in [-0.39, 0.29) is 17.4 Å². The van der Waals surface area contributed by atoms with Gasteiger partial charge in [-0.1, -0.05) is 0 Å². The summed E-state index contributed by atoms with van der Waals surface area (Å²) in [7, 11) is 0. The minimum Gasteiger partial charge on any atom is -0.451 e. The minimum absolute atomic E-state index is 0.0395. The van der Waals surface area contributed by atoms with Crippen molar-refractivity contribution in [2.24, 2.45) is 0 Å². The normalized spacial score (nSPS) is 13.9. The molecule has 0 saturated carbocycles. The van der Waals surface area contributed by atoms with Crippen LogP contribution in [0.1, 0.15) is 33.5 Å². The molecule has 0 aliphatic carbocycles. The highest BCUT2D eigenvalue weighted by Gasteiger charge is 2.24. The Morgan fingerprint density at radius 1 is 1.10 bits per heavy atom. The van der Waals surface area contributed by atoms with Crippen LogP contribution in [0, 0.1) is 12.7 Å². The Morgan fingerprint density at radius 2 is 1.83 bits per heavy atom. The van der Waals surface area contributed by atoms with Crippen molar-refractivity contribution in [1.29, 1.82) is 0 Å². The molecule has 9 heteroatoms. The van der Waals surface area contributed by atoms with Crippen LogP contribution in [0.5, 0.6) is 0 Å².